The molecule has 0 fully saturated rings. The zero-order valence-electron chi connectivity index (χ0n) is 11.2. The molecule has 0 amide bonds. The van der Waals surface area contributed by atoms with Gasteiger partial charge in [0.15, 0.2) is 24.0 Å². The van der Waals surface area contributed by atoms with Gasteiger partial charge in [-0.2, -0.15) is 0 Å². The molecular formula is C15H12O6. The third-order valence-electron chi connectivity index (χ3n) is 3.66. The number of hydrogen-bond acceptors (Lipinski definition) is 5. The first-order valence-corrected chi connectivity index (χ1v) is 6.37. The molecule has 1 N–H and O–H groups in total. The number of carboxylic acids is 1. The molecule has 6 nitrogen and oxygen atoms in total. The summed E-state index contributed by atoms with van der Waals surface area (Å²) in [7, 11) is 1.30. The molecule has 1 aromatic carbocycles. The first kappa shape index (κ1) is 13.7. The smallest absolute Gasteiger partial charge is 0.333 e. The van der Waals surface area contributed by atoms with Crippen molar-refractivity contribution in [3.05, 3.63) is 46.5 Å². The van der Waals surface area contributed by atoms with Crippen molar-refractivity contribution in [1.29, 1.82) is 0 Å². The number of hydrogen-bond donors (Lipinski definition) is 1. The summed E-state index contributed by atoms with van der Waals surface area (Å²) in [5.41, 5.74) is 0.866. The van der Waals surface area contributed by atoms with E-state index in [4.69, 9.17) is 14.6 Å². The molecule has 21 heavy (non-hydrogen) atoms. The molecule has 0 aromatic heterocycles. The van der Waals surface area contributed by atoms with E-state index in [1.807, 2.05) is 0 Å². The van der Waals surface area contributed by atoms with Crippen molar-refractivity contribution in [3.63, 3.8) is 0 Å². The van der Waals surface area contributed by atoms with Gasteiger partial charge in [-0.05, 0) is 0 Å². The second-order valence-electron chi connectivity index (χ2n) is 4.83. The van der Waals surface area contributed by atoms with Crippen molar-refractivity contribution in [1.82, 2.24) is 0 Å². The molecule has 1 aliphatic carbocycles. The maximum atomic E-state index is 12.5. The molecular weight excluding hydrogens is 276 g/mol. The molecule has 0 saturated heterocycles. The van der Waals surface area contributed by atoms with Crippen LogP contribution in [0.15, 0.2) is 35.4 Å². The zero-order valence-corrected chi connectivity index (χ0v) is 11.2. The van der Waals surface area contributed by atoms with Crippen molar-refractivity contribution in [2.75, 3.05) is 7.11 Å². The molecule has 0 saturated carbocycles. The number of rotatable bonds is 2. The van der Waals surface area contributed by atoms with E-state index in [0.29, 0.717) is 11.1 Å². The minimum Gasteiger partial charge on any atom is -0.479 e. The fourth-order valence-corrected chi connectivity index (χ4v) is 2.67. The van der Waals surface area contributed by atoms with Gasteiger partial charge < -0.3 is 14.6 Å². The number of Topliss-reactive ketones (excluding diaryl/α,β-unsaturated/α-hetero) is 2. The van der Waals surface area contributed by atoms with Gasteiger partial charge in [-0.25, -0.2) is 4.79 Å². The Labute approximate surface area is 120 Å². The van der Waals surface area contributed by atoms with Crippen LogP contribution in [0.1, 0.15) is 27.1 Å². The lowest BCUT2D eigenvalue weighted by molar-refractivity contribution is -0.175. The van der Waals surface area contributed by atoms with Gasteiger partial charge in [0.2, 0.25) is 0 Å². The van der Waals surface area contributed by atoms with E-state index in [-0.39, 0.29) is 29.1 Å². The second-order valence-corrected chi connectivity index (χ2v) is 4.83. The quantitative estimate of drug-likeness (QED) is 0.879. The highest BCUT2D eigenvalue weighted by molar-refractivity contribution is 6.27. The summed E-state index contributed by atoms with van der Waals surface area (Å²) in [6.07, 6.45) is -2.47. The molecule has 0 bridgehead atoms. The molecule has 2 atom stereocenters. The second kappa shape index (κ2) is 4.91. The maximum Gasteiger partial charge on any atom is 0.333 e. The molecule has 2 aliphatic rings. The van der Waals surface area contributed by atoms with Crippen LogP contribution in [0, 0.1) is 0 Å². The van der Waals surface area contributed by atoms with Gasteiger partial charge in [0, 0.05) is 30.2 Å². The number of carbonyl (C=O) groups is 3. The Morgan fingerprint density at radius 2 is 1.86 bits per heavy atom. The van der Waals surface area contributed by atoms with E-state index >= 15 is 0 Å². The van der Waals surface area contributed by atoms with Gasteiger partial charge in [-0.1, -0.05) is 24.3 Å². The lowest BCUT2D eigenvalue weighted by atomic mass is 9.80. The van der Waals surface area contributed by atoms with Crippen LogP contribution in [-0.2, 0) is 14.3 Å². The minimum absolute atomic E-state index is 0.110. The third-order valence-corrected chi connectivity index (χ3v) is 3.66. The number of methoxy groups -OCH3 is 1. The standard InChI is InChI=1S/C15H12O6/c1-20-15-11-9(6-10(21-15)14(18)19)12(16)7-4-2-3-5-8(7)13(11)17/h2-5,10,15H,6H2,1H3,(H,18,19). The molecule has 1 heterocycles. The van der Waals surface area contributed by atoms with Gasteiger partial charge >= 0.3 is 5.97 Å². The summed E-state index contributed by atoms with van der Waals surface area (Å²) in [5.74, 6) is -1.88. The summed E-state index contributed by atoms with van der Waals surface area (Å²) in [6, 6.07) is 6.46. The van der Waals surface area contributed by atoms with Crippen molar-refractivity contribution in [2.45, 2.75) is 18.8 Å². The Balaban J connectivity index is 2.15. The Morgan fingerprint density at radius 3 is 2.43 bits per heavy atom. The zero-order chi connectivity index (χ0) is 15.1. The van der Waals surface area contributed by atoms with Crippen LogP contribution in [0.25, 0.3) is 0 Å². The first-order valence-electron chi connectivity index (χ1n) is 6.37. The summed E-state index contributed by atoms with van der Waals surface area (Å²) in [6.45, 7) is 0. The predicted molar refractivity (Wildman–Crippen MR) is 70.1 cm³/mol. The number of carbonyl (C=O) groups excluding carboxylic acids is 2. The highest BCUT2D eigenvalue weighted by atomic mass is 16.7. The van der Waals surface area contributed by atoms with Gasteiger partial charge in [0.25, 0.3) is 0 Å². The highest BCUT2D eigenvalue weighted by Gasteiger charge is 2.43. The third kappa shape index (κ3) is 2.00. The van der Waals surface area contributed by atoms with Crippen LogP contribution >= 0.6 is 0 Å². The normalized spacial score (nSPS) is 24.6. The fourth-order valence-electron chi connectivity index (χ4n) is 2.67. The van der Waals surface area contributed by atoms with Crippen LogP contribution in [0.3, 0.4) is 0 Å². The fraction of sp³-hybridized carbons (Fsp3) is 0.267. The molecule has 0 spiro atoms. The van der Waals surface area contributed by atoms with E-state index in [1.54, 1.807) is 24.3 Å². The SMILES string of the molecule is COC1OC(C(=O)O)CC2=C1C(=O)c1ccccc1C2=O. The first-order chi connectivity index (χ1) is 10.0. The summed E-state index contributed by atoms with van der Waals surface area (Å²) in [4.78, 5) is 36.2. The van der Waals surface area contributed by atoms with E-state index in [0.717, 1.165) is 0 Å². The number of ketones is 2. The largest absolute Gasteiger partial charge is 0.479 e. The number of aliphatic carboxylic acids is 1. The molecule has 0 radical (unpaired) electrons. The van der Waals surface area contributed by atoms with Crippen LogP contribution in [-0.4, -0.2) is 42.1 Å². The number of benzene rings is 1. The average Bonchev–Trinajstić information content (AvgIpc) is 2.51. The number of fused-ring (bicyclic) bond motifs is 1. The van der Waals surface area contributed by atoms with Crippen LogP contribution in [0.5, 0.6) is 0 Å². The summed E-state index contributed by atoms with van der Waals surface area (Å²) >= 11 is 0. The van der Waals surface area contributed by atoms with Gasteiger partial charge in [0.05, 0.1) is 5.57 Å². The van der Waals surface area contributed by atoms with E-state index in [2.05, 4.69) is 0 Å². The molecule has 3 rings (SSSR count). The molecule has 108 valence electrons. The average molecular weight is 288 g/mol. The Morgan fingerprint density at radius 1 is 1.24 bits per heavy atom. The highest BCUT2D eigenvalue weighted by Crippen LogP contribution is 2.36. The van der Waals surface area contributed by atoms with Crippen LogP contribution in [0.2, 0.25) is 0 Å². The topological polar surface area (TPSA) is 89.9 Å². The van der Waals surface area contributed by atoms with Crippen LogP contribution < -0.4 is 0 Å². The maximum absolute atomic E-state index is 12.5. The molecule has 1 aromatic rings. The van der Waals surface area contributed by atoms with Gasteiger partial charge in [0.1, 0.15) is 0 Å². The van der Waals surface area contributed by atoms with Crippen molar-refractivity contribution < 1.29 is 29.0 Å². The van der Waals surface area contributed by atoms with Crippen molar-refractivity contribution in [3.8, 4) is 0 Å². The van der Waals surface area contributed by atoms with Gasteiger partial charge in [-0.3, -0.25) is 9.59 Å². The molecule has 6 heteroatoms. The molecule has 2 unspecified atom stereocenters. The van der Waals surface area contributed by atoms with Crippen molar-refractivity contribution in [2.24, 2.45) is 0 Å². The minimum atomic E-state index is -1.20. The van der Waals surface area contributed by atoms with Crippen LogP contribution in [0.4, 0.5) is 0 Å². The summed E-state index contributed by atoms with van der Waals surface area (Å²) < 4.78 is 10.3. The van der Waals surface area contributed by atoms with E-state index < -0.39 is 18.4 Å². The van der Waals surface area contributed by atoms with E-state index in [1.165, 1.54) is 7.11 Å². The van der Waals surface area contributed by atoms with E-state index in [9.17, 15) is 14.4 Å². The number of carboxylic acid groups (broad SMARTS) is 1. The summed E-state index contributed by atoms with van der Waals surface area (Å²) in [5, 5.41) is 9.09. The van der Waals surface area contributed by atoms with Crippen molar-refractivity contribution >= 4 is 17.5 Å². The molecule has 1 aliphatic heterocycles. The Kier molecular flexibility index (Phi) is 3.19. The number of ether oxygens (including phenoxy) is 2. The Bertz CT molecular complexity index is 687. The lowest BCUT2D eigenvalue weighted by Gasteiger charge is -2.33. The monoisotopic (exact) mass is 288 g/mol. The predicted octanol–water partition coefficient (Wildman–Crippen LogP) is 1.21. The Hall–Kier alpha value is -2.31. The van der Waals surface area contributed by atoms with Gasteiger partial charge in [-0.15, -0.1) is 0 Å². The lowest BCUT2D eigenvalue weighted by Crippen LogP contribution is -2.42.